The second-order valence-corrected chi connectivity index (χ2v) is 12.8. The quantitative estimate of drug-likeness (QED) is 0.117. The number of nitrogens with zero attached hydrogens (tertiary/aromatic N) is 1. The van der Waals surface area contributed by atoms with Crippen molar-refractivity contribution in [2.45, 2.75) is 57.8 Å². The lowest BCUT2D eigenvalue weighted by molar-refractivity contribution is 0.150. The van der Waals surface area contributed by atoms with Gasteiger partial charge >= 0.3 is 0 Å². The number of likely N-dealkylation sites (N-methyl/N-ethyl adjacent to an activating group) is 1. The molecule has 1 aliphatic heterocycles. The highest BCUT2D eigenvalue weighted by Crippen LogP contribution is 2.36. The summed E-state index contributed by atoms with van der Waals surface area (Å²) in [5.41, 5.74) is 2.37. The number of thioether (sulfide) groups is 1. The van der Waals surface area contributed by atoms with E-state index in [2.05, 4.69) is 56.0 Å². The zero-order chi connectivity index (χ0) is 34.4. The predicted octanol–water partition coefficient (Wildman–Crippen LogP) is 10.6. The number of ether oxygens (including phenoxy) is 4. The smallest absolute Gasteiger partial charge is 0.133 e. The van der Waals surface area contributed by atoms with Gasteiger partial charge in [0.1, 0.15) is 42.8 Å². The normalized spacial score (nSPS) is 12.2. The molecule has 0 fully saturated rings. The van der Waals surface area contributed by atoms with Crippen LogP contribution in [0.25, 0.3) is 0 Å². The minimum absolute atomic E-state index is 0.478. The van der Waals surface area contributed by atoms with Gasteiger partial charge in [-0.1, -0.05) is 117 Å². The van der Waals surface area contributed by atoms with Gasteiger partial charge in [-0.05, 0) is 80.0 Å². The third-order valence-electron chi connectivity index (χ3n) is 7.82. The van der Waals surface area contributed by atoms with Crippen molar-refractivity contribution in [2.75, 3.05) is 32.1 Å². The predicted molar refractivity (Wildman–Crippen MR) is 204 cm³/mol. The average Bonchev–Trinajstić information content (AvgIpc) is 3.18. The summed E-state index contributed by atoms with van der Waals surface area (Å²) >= 11 is 1.82. The molecule has 1 atom stereocenters. The maximum Gasteiger partial charge on any atom is 0.133 e. The van der Waals surface area contributed by atoms with Gasteiger partial charge in [0.2, 0.25) is 0 Å². The standard InChI is InChI=1S/C15H25NO.C15H14O2S.C13H12O/c1-4-6-12-16(5-2)14(3)13-17-15-10-8-7-9-11-15;1-2-4-12(5-3-1)11-17-13-6-7-14-15(10-13)18-9-8-16-14;1-3-7-12(8-4-1)11-14-13-9-5-2-6-10-13/h7-11,14H,4-6,12-13H2,1-3H3;1-7,10H,8-9,11H2;1-10H,11H2/t14-;;/m0../s1. The van der Waals surface area contributed by atoms with Crippen LogP contribution in [0.2, 0.25) is 0 Å². The van der Waals surface area contributed by atoms with Crippen molar-refractivity contribution in [2.24, 2.45) is 0 Å². The van der Waals surface area contributed by atoms with Crippen molar-refractivity contribution in [1.82, 2.24) is 4.90 Å². The third kappa shape index (κ3) is 14.3. The Labute approximate surface area is 298 Å². The molecule has 1 aliphatic rings. The van der Waals surface area contributed by atoms with Crippen LogP contribution >= 0.6 is 11.8 Å². The molecule has 258 valence electrons. The summed E-state index contributed by atoms with van der Waals surface area (Å²) in [7, 11) is 0. The summed E-state index contributed by atoms with van der Waals surface area (Å²) in [5, 5.41) is 0. The van der Waals surface area contributed by atoms with Gasteiger partial charge in [0.05, 0.1) is 11.5 Å². The minimum Gasteiger partial charge on any atom is -0.492 e. The number of benzene rings is 5. The summed E-state index contributed by atoms with van der Waals surface area (Å²) in [4.78, 5) is 3.65. The van der Waals surface area contributed by atoms with Gasteiger partial charge in [0.15, 0.2) is 0 Å². The Balaban J connectivity index is 0.000000167. The maximum absolute atomic E-state index is 5.79. The van der Waals surface area contributed by atoms with Crippen LogP contribution in [0.15, 0.2) is 144 Å². The number of hydrogen-bond acceptors (Lipinski definition) is 6. The van der Waals surface area contributed by atoms with E-state index in [-0.39, 0.29) is 0 Å². The molecule has 0 spiro atoms. The van der Waals surface area contributed by atoms with Gasteiger partial charge in [-0.25, -0.2) is 0 Å². The van der Waals surface area contributed by atoms with E-state index < -0.39 is 0 Å². The van der Waals surface area contributed by atoms with Gasteiger partial charge in [-0.3, -0.25) is 4.90 Å². The molecule has 0 saturated heterocycles. The number of unbranched alkanes of at least 4 members (excludes halogenated alkanes) is 1. The molecule has 5 aromatic carbocycles. The number of para-hydroxylation sites is 2. The molecule has 6 heteroatoms. The highest BCUT2D eigenvalue weighted by molar-refractivity contribution is 7.99. The number of rotatable bonds is 14. The number of hydrogen-bond donors (Lipinski definition) is 0. The van der Waals surface area contributed by atoms with Crippen LogP contribution in [0.4, 0.5) is 0 Å². The van der Waals surface area contributed by atoms with Crippen molar-refractivity contribution in [3.8, 4) is 23.0 Å². The van der Waals surface area contributed by atoms with Crippen molar-refractivity contribution in [3.63, 3.8) is 0 Å². The molecule has 0 radical (unpaired) electrons. The number of fused-ring (bicyclic) bond motifs is 1. The van der Waals surface area contributed by atoms with Crippen LogP contribution in [0.3, 0.4) is 0 Å². The van der Waals surface area contributed by atoms with E-state index in [0.717, 1.165) is 48.5 Å². The molecule has 0 bridgehead atoms. The SMILES string of the molecule is CCCCN(CC)[C@@H](C)COc1ccccc1.c1ccc(COc2ccc3c(c2)SCCO3)cc1.c1ccc(COc2ccccc2)cc1. The van der Waals surface area contributed by atoms with E-state index in [1.807, 2.05) is 121 Å². The largest absolute Gasteiger partial charge is 0.492 e. The van der Waals surface area contributed by atoms with Crippen LogP contribution in [-0.4, -0.2) is 43.0 Å². The van der Waals surface area contributed by atoms with E-state index in [9.17, 15) is 0 Å². The minimum atomic E-state index is 0.478. The first-order chi connectivity index (χ1) is 24.1. The van der Waals surface area contributed by atoms with E-state index in [4.69, 9.17) is 18.9 Å². The molecule has 0 aliphatic carbocycles. The van der Waals surface area contributed by atoms with Gasteiger partial charge in [0.25, 0.3) is 0 Å². The lowest BCUT2D eigenvalue weighted by Gasteiger charge is -2.27. The van der Waals surface area contributed by atoms with Crippen LogP contribution in [0, 0.1) is 0 Å². The Bertz CT molecular complexity index is 1520. The zero-order valence-corrected chi connectivity index (χ0v) is 30.0. The second-order valence-electron chi connectivity index (χ2n) is 11.6. The van der Waals surface area contributed by atoms with Crippen LogP contribution in [-0.2, 0) is 13.2 Å². The summed E-state index contributed by atoms with van der Waals surface area (Å²) < 4.78 is 22.7. The highest BCUT2D eigenvalue weighted by Gasteiger charge is 2.12. The third-order valence-corrected chi connectivity index (χ3v) is 8.82. The molecule has 0 aromatic heterocycles. The fourth-order valence-electron chi connectivity index (χ4n) is 5.00. The van der Waals surface area contributed by atoms with E-state index in [1.165, 1.54) is 35.4 Å². The highest BCUT2D eigenvalue weighted by atomic mass is 32.2. The Morgan fingerprint density at radius 3 is 1.73 bits per heavy atom. The van der Waals surface area contributed by atoms with Gasteiger partial charge in [-0.15, -0.1) is 11.8 Å². The lowest BCUT2D eigenvalue weighted by Crippen LogP contribution is -2.37. The molecule has 5 aromatic rings. The zero-order valence-electron chi connectivity index (χ0n) is 29.2. The van der Waals surface area contributed by atoms with Crippen molar-refractivity contribution < 1.29 is 18.9 Å². The molecule has 0 amide bonds. The molecule has 0 unspecified atom stereocenters. The summed E-state index contributed by atoms with van der Waals surface area (Å²) in [6.07, 6.45) is 2.52. The molecular formula is C43H51NO4S. The Morgan fingerprint density at radius 1 is 0.653 bits per heavy atom. The summed E-state index contributed by atoms with van der Waals surface area (Å²) in [6.45, 7) is 11.8. The fraction of sp³-hybridized carbons (Fsp3) is 0.302. The maximum atomic E-state index is 5.79. The fourth-order valence-corrected chi connectivity index (χ4v) is 5.86. The Kier molecular flexibility index (Phi) is 17.0. The first-order valence-electron chi connectivity index (χ1n) is 17.3. The van der Waals surface area contributed by atoms with Crippen molar-refractivity contribution in [3.05, 3.63) is 151 Å². The lowest BCUT2D eigenvalue weighted by atomic mass is 10.2. The van der Waals surface area contributed by atoms with E-state index in [1.54, 1.807) is 0 Å². The molecule has 0 N–H and O–H groups in total. The molecule has 6 rings (SSSR count). The monoisotopic (exact) mass is 677 g/mol. The van der Waals surface area contributed by atoms with E-state index >= 15 is 0 Å². The second kappa shape index (κ2) is 22.3. The first kappa shape index (κ1) is 37.4. The van der Waals surface area contributed by atoms with Crippen LogP contribution in [0.1, 0.15) is 44.7 Å². The Morgan fingerprint density at radius 2 is 1.18 bits per heavy atom. The summed E-state index contributed by atoms with van der Waals surface area (Å²) in [5.74, 6) is 4.76. The van der Waals surface area contributed by atoms with Gasteiger partial charge < -0.3 is 18.9 Å². The molecule has 5 nitrogen and oxygen atoms in total. The van der Waals surface area contributed by atoms with Crippen molar-refractivity contribution >= 4 is 11.8 Å². The average molecular weight is 678 g/mol. The van der Waals surface area contributed by atoms with Crippen molar-refractivity contribution in [1.29, 1.82) is 0 Å². The molecule has 1 heterocycles. The first-order valence-corrected chi connectivity index (χ1v) is 18.3. The molecule has 0 saturated carbocycles. The molecular weight excluding hydrogens is 627 g/mol. The Hall–Kier alpha value is -4.39. The van der Waals surface area contributed by atoms with Gasteiger partial charge in [-0.2, -0.15) is 0 Å². The topological polar surface area (TPSA) is 40.2 Å². The van der Waals surface area contributed by atoms with Crippen LogP contribution < -0.4 is 18.9 Å². The summed E-state index contributed by atoms with van der Waals surface area (Å²) in [6, 6.07) is 46.7. The van der Waals surface area contributed by atoms with Crippen LogP contribution in [0.5, 0.6) is 23.0 Å². The molecule has 49 heavy (non-hydrogen) atoms. The van der Waals surface area contributed by atoms with E-state index in [0.29, 0.717) is 19.3 Å². The van der Waals surface area contributed by atoms with Gasteiger partial charge in [0, 0.05) is 11.8 Å².